The van der Waals surface area contributed by atoms with Gasteiger partial charge in [0.25, 0.3) is 0 Å². The molecule has 3 rings (SSSR count). The number of carbonyl (C=O) groups excluding carboxylic acids is 2. The number of aromatic nitrogens is 2. The van der Waals surface area contributed by atoms with Gasteiger partial charge in [-0.15, -0.1) is 0 Å². The molecule has 3 aromatic rings. The lowest BCUT2D eigenvalue weighted by atomic mass is 10.1. The summed E-state index contributed by atoms with van der Waals surface area (Å²) in [5.41, 5.74) is 5.15. The van der Waals surface area contributed by atoms with Gasteiger partial charge in [-0.1, -0.05) is 18.2 Å². The number of hydrogen-bond acceptors (Lipinski definition) is 6. The molecule has 1 aromatic heterocycles. The first-order valence-electron chi connectivity index (χ1n) is 9.82. The van der Waals surface area contributed by atoms with Crippen molar-refractivity contribution in [2.24, 2.45) is 0 Å². The second-order valence-corrected chi connectivity index (χ2v) is 7.03. The van der Waals surface area contributed by atoms with Crippen LogP contribution in [0.4, 0.5) is 0 Å². The highest BCUT2D eigenvalue weighted by Crippen LogP contribution is 2.20. The molecule has 0 saturated carbocycles. The van der Waals surface area contributed by atoms with Gasteiger partial charge in [-0.05, 0) is 56.2 Å². The van der Waals surface area contributed by atoms with Crippen LogP contribution in [-0.2, 0) is 27.3 Å². The van der Waals surface area contributed by atoms with E-state index in [1.807, 2.05) is 13.8 Å². The SMILES string of the molecule is COC(=O)CCc1c(C)nn(-c2ccc(C(=O)OCc3ccccc3C#N)cc2)c1C. The van der Waals surface area contributed by atoms with Crippen molar-refractivity contribution in [2.75, 3.05) is 7.11 Å². The minimum Gasteiger partial charge on any atom is -0.469 e. The maximum absolute atomic E-state index is 12.4. The van der Waals surface area contributed by atoms with E-state index < -0.39 is 5.97 Å². The monoisotopic (exact) mass is 417 g/mol. The summed E-state index contributed by atoms with van der Waals surface area (Å²) in [4.78, 5) is 23.9. The Balaban J connectivity index is 1.71. The fourth-order valence-electron chi connectivity index (χ4n) is 3.34. The Bertz CT molecular complexity index is 1140. The largest absolute Gasteiger partial charge is 0.469 e. The highest BCUT2D eigenvalue weighted by molar-refractivity contribution is 5.89. The minimum atomic E-state index is -0.466. The van der Waals surface area contributed by atoms with Gasteiger partial charge < -0.3 is 9.47 Å². The van der Waals surface area contributed by atoms with Crippen LogP contribution in [0.3, 0.4) is 0 Å². The third-order valence-electron chi connectivity index (χ3n) is 5.09. The topological polar surface area (TPSA) is 94.2 Å². The molecule has 0 fully saturated rings. The maximum Gasteiger partial charge on any atom is 0.338 e. The van der Waals surface area contributed by atoms with Crippen molar-refractivity contribution in [1.29, 1.82) is 5.26 Å². The second-order valence-electron chi connectivity index (χ2n) is 7.03. The van der Waals surface area contributed by atoms with Crippen LogP contribution in [-0.4, -0.2) is 28.8 Å². The summed E-state index contributed by atoms with van der Waals surface area (Å²) in [6.45, 7) is 3.88. The predicted molar refractivity (Wildman–Crippen MR) is 114 cm³/mol. The Morgan fingerprint density at radius 2 is 1.81 bits per heavy atom. The highest BCUT2D eigenvalue weighted by atomic mass is 16.5. The van der Waals surface area contributed by atoms with E-state index in [9.17, 15) is 9.59 Å². The number of nitrogens with zero attached hydrogens (tertiary/aromatic N) is 3. The summed E-state index contributed by atoms with van der Waals surface area (Å²) in [7, 11) is 1.38. The quantitative estimate of drug-likeness (QED) is 0.543. The van der Waals surface area contributed by atoms with E-state index in [0.717, 1.165) is 22.6 Å². The number of nitriles is 1. The van der Waals surface area contributed by atoms with Crippen LogP contribution in [0.1, 0.15) is 44.9 Å². The molecule has 0 bridgehead atoms. The Kier molecular flexibility index (Phi) is 6.83. The van der Waals surface area contributed by atoms with E-state index in [2.05, 4.69) is 11.2 Å². The first-order chi connectivity index (χ1) is 14.9. The van der Waals surface area contributed by atoms with E-state index >= 15 is 0 Å². The van der Waals surface area contributed by atoms with Gasteiger partial charge in [0.1, 0.15) is 6.61 Å². The number of ether oxygens (including phenoxy) is 2. The van der Waals surface area contributed by atoms with Crippen LogP contribution in [0.5, 0.6) is 0 Å². The zero-order chi connectivity index (χ0) is 22.4. The van der Waals surface area contributed by atoms with Crippen LogP contribution in [0, 0.1) is 25.2 Å². The summed E-state index contributed by atoms with van der Waals surface area (Å²) in [6, 6.07) is 16.0. The number of aryl methyl sites for hydroxylation is 1. The Morgan fingerprint density at radius 3 is 2.48 bits per heavy atom. The molecule has 31 heavy (non-hydrogen) atoms. The molecular weight excluding hydrogens is 394 g/mol. The van der Waals surface area contributed by atoms with Gasteiger partial charge in [0.15, 0.2) is 0 Å². The van der Waals surface area contributed by atoms with Crippen LogP contribution >= 0.6 is 0 Å². The number of esters is 2. The fourth-order valence-corrected chi connectivity index (χ4v) is 3.34. The smallest absolute Gasteiger partial charge is 0.338 e. The Morgan fingerprint density at radius 1 is 1.10 bits per heavy atom. The molecule has 0 atom stereocenters. The summed E-state index contributed by atoms with van der Waals surface area (Å²) in [5, 5.41) is 13.7. The van der Waals surface area contributed by atoms with Crippen molar-refractivity contribution >= 4 is 11.9 Å². The van der Waals surface area contributed by atoms with Gasteiger partial charge in [0.2, 0.25) is 0 Å². The van der Waals surface area contributed by atoms with Gasteiger partial charge in [0, 0.05) is 17.7 Å². The molecule has 158 valence electrons. The van der Waals surface area contributed by atoms with Crippen LogP contribution in [0.15, 0.2) is 48.5 Å². The van der Waals surface area contributed by atoms with Gasteiger partial charge in [-0.3, -0.25) is 4.79 Å². The lowest BCUT2D eigenvalue weighted by Crippen LogP contribution is -2.07. The Labute approximate surface area is 180 Å². The number of benzene rings is 2. The molecule has 0 radical (unpaired) electrons. The van der Waals surface area contributed by atoms with Gasteiger partial charge in [-0.2, -0.15) is 10.4 Å². The maximum atomic E-state index is 12.4. The number of rotatable bonds is 7. The molecule has 2 aromatic carbocycles. The lowest BCUT2D eigenvalue weighted by molar-refractivity contribution is -0.140. The predicted octanol–water partition coefficient (Wildman–Crippen LogP) is 3.82. The number of hydrogen-bond donors (Lipinski definition) is 0. The van der Waals surface area contributed by atoms with Gasteiger partial charge in [0.05, 0.1) is 35.7 Å². The molecule has 0 spiro atoms. The van der Waals surface area contributed by atoms with Gasteiger partial charge in [-0.25, -0.2) is 9.48 Å². The van der Waals surface area contributed by atoms with Crippen molar-refractivity contribution < 1.29 is 19.1 Å². The van der Waals surface area contributed by atoms with E-state index in [0.29, 0.717) is 29.5 Å². The standard InChI is InChI=1S/C24H23N3O4/c1-16-22(12-13-23(28)30-3)17(2)27(26-16)21-10-8-18(9-11-21)24(29)31-15-20-7-5-4-6-19(20)14-25/h4-11H,12-13,15H2,1-3H3. The molecule has 7 nitrogen and oxygen atoms in total. The van der Waals surface area contributed by atoms with Crippen molar-refractivity contribution in [3.63, 3.8) is 0 Å². The van der Waals surface area contributed by atoms with E-state index in [1.165, 1.54) is 7.11 Å². The van der Waals surface area contributed by atoms with Gasteiger partial charge >= 0.3 is 11.9 Å². The molecule has 0 N–H and O–H groups in total. The average Bonchev–Trinajstić information content (AvgIpc) is 3.09. The molecule has 0 aliphatic heterocycles. The zero-order valence-corrected chi connectivity index (χ0v) is 17.7. The molecule has 1 heterocycles. The third kappa shape index (κ3) is 4.98. The van der Waals surface area contributed by atoms with E-state index in [1.54, 1.807) is 53.2 Å². The second kappa shape index (κ2) is 9.72. The zero-order valence-electron chi connectivity index (χ0n) is 17.7. The summed E-state index contributed by atoms with van der Waals surface area (Å²) in [6.07, 6.45) is 0.850. The minimum absolute atomic E-state index is 0.0331. The van der Waals surface area contributed by atoms with Crippen molar-refractivity contribution in [2.45, 2.75) is 33.3 Å². The fraction of sp³-hybridized carbons (Fsp3) is 0.250. The highest BCUT2D eigenvalue weighted by Gasteiger charge is 2.15. The first kappa shape index (κ1) is 21.8. The molecule has 0 saturated heterocycles. The molecule has 0 aliphatic carbocycles. The average molecular weight is 417 g/mol. The Hall–Kier alpha value is -3.92. The van der Waals surface area contributed by atoms with Crippen molar-refractivity contribution in [3.8, 4) is 11.8 Å². The van der Waals surface area contributed by atoms with Crippen LogP contribution in [0.25, 0.3) is 5.69 Å². The van der Waals surface area contributed by atoms with E-state index in [4.69, 9.17) is 14.7 Å². The van der Waals surface area contributed by atoms with E-state index in [-0.39, 0.29) is 12.6 Å². The summed E-state index contributed by atoms with van der Waals surface area (Å²) >= 11 is 0. The number of carbonyl (C=O) groups is 2. The lowest BCUT2D eigenvalue weighted by Gasteiger charge is -2.08. The summed E-state index contributed by atoms with van der Waals surface area (Å²) in [5.74, 6) is -0.724. The first-order valence-corrected chi connectivity index (χ1v) is 9.82. The van der Waals surface area contributed by atoms with Crippen LogP contribution in [0.2, 0.25) is 0 Å². The number of methoxy groups -OCH3 is 1. The van der Waals surface area contributed by atoms with Crippen molar-refractivity contribution in [3.05, 3.63) is 82.2 Å². The molecule has 0 aliphatic rings. The third-order valence-corrected chi connectivity index (χ3v) is 5.09. The molecule has 0 unspecified atom stereocenters. The molecular formula is C24H23N3O4. The summed E-state index contributed by atoms with van der Waals surface area (Å²) < 4.78 is 11.9. The molecule has 7 heteroatoms. The van der Waals surface area contributed by atoms with Crippen molar-refractivity contribution in [1.82, 2.24) is 9.78 Å². The normalized spacial score (nSPS) is 10.4. The van der Waals surface area contributed by atoms with Crippen LogP contribution < -0.4 is 0 Å². The molecule has 0 amide bonds.